The summed E-state index contributed by atoms with van der Waals surface area (Å²) in [4.78, 5) is 0. The first-order chi connectivity index (χ1) is 11.6. The summed E-state index contributed by atoms with van der Waals surface area (Å²) in [6, 6.07) is 17.0. The minimum Gasteiger partial charge on any atom is -0.0620 e. The Morgan fingerprint density at radius 1 is 0.792 bits per heavy atom. The van der Waals surface area contributed by atoms with E-state index in [0.717, 1.165) is 12.8 Å². The molecule has 2 rings (SSSR count). The summed E-state index contributed by atoms with van der Waals surface area (Å²) in [6.45, 7) is 8.68. The van der Waals surface area contributed by atoms with E-state index in [2.05, 4.69) is 76.2 Å². The van der Waals surface area contributed by atoms with E-state index in [1.54, 1.807) is 22.8 Å². The number of hydrogen-bond acceptors (Lipinski definition) is 3. The molecular weight excluding hydrogens is 351 g/mol. The van der Waals surface area contributed by atoms with Crippen LogP contribution in [-0.2, 0) is 17.4 Å². The molecule has 2 aromatic rings. The fraction of sp³-hybridized carbons (Fsp3) is 0.400. The van der Waals surface area contributed by atoms with Crippen molar-refractivity contribution in [3.05, 3.63) is 70.8 Å². The van der Waals surface area contributed by atoms with Crippen LogP contribution >= 0.6 is 29.0 Å². The first kappa shape index (κ1) is 19.6. The Kier molecular flexibility index (Phi) is 7.87. The van der Waals surface area contributed by atoms with Gasteiger partial charge in [0.2, 0.25) is 0 Å². The van der Waals surface area contributed by atoms with Gasteiger partial charge in [0, 0.05) is 0 Å². The Hall–Kier alpha value is -0.760. The highest BCUT2D eigenvalue weighted by Crippen LogP contribution is 2.61. The minimum atomic E-state index is -1.36. The second-order valence-corrected chi connectivity index (χ2v) is 12.1. The zero-order chi connectivity index (χ0) is 17.5. The highest BCUT2D eigenvalue weighted by atomic mass is 33.1. The third-order valence-corrected chi connectivity index (χ3v) is 10.2. The maximum Gasteiger partial charge on any atom is 0.484 e. The van der Waals surface area contributed by atoms with Gasteiger partial charge in [-0.3, -0.25) is 0 Å². The summed E-state index contributed by atoms with van der Waals surface area (Å²) < 4.78 is 12.7. The Balaban J connectivity index is 2.02. The molecule has 24 heavy (non-hydrogen) atoms. The van der Waals surface area contributed by atoms with Crippen molar-refractivity contribution in [3.8, 4) is 0 Å². The Morgan fingerprint density at radius 2 is 1.17 bits per heavy atom. The van der Waals surface area contributed by atoms with Crippen molar-refractivity contribution in [3.63, 3.8) is 0 Å². The number of benzene rings is 2. The van der Waals surface area contributed by atoms with Gasteiger partial charge in [0.05, 0.1) is 10.5 Å². The molecule has 2 aromatic carbocycles. The van der Waals surface area contributed by atoms with Crippen LogP contribution in [-0.4, -0.2) is 0 Å². The first-order valence-electron chi connectivity index (χ1n) is 8.53. The van der Waals surface area contributed by atoms with Crippen LogP contribution in [0.25, 0.3) is 0 Å². The number of hydrogen-bond donors (Lipinski definition) is 0. The molecule has 0 N–H and O–H groups in total. The summed E-state index contributed by atoms with van der Waals surface area (Å²) in [7, 11) is 0. The number of aryl methyl sites for hydroxylation is 2. The second-order valence-electron chi connectivity index (χ2n) is 5.82. The molecule has 0 aliphatic carbocycles. The van der Waals surface area contributed by atoms with Gasteiger partial charge in [0.1, 0.15) is 22.8 Å². The van der Waals surface area contributed by atoms with Gasteiger partial charge in [-0.15, -0.1) is 0 Å². The van der Waals surface area contributed by atoms with Crippen molar-refractivity contribution in [2.75, 3.05) is 0 Å². The molecule has 0 amide bonds. The van der Waals surface area contributed by atoms with Crippen molar-refractivity contribution in [2.24, 2.45) is 0 Å². The van der Waals surface area contributed by atoms with Crippen LogP contribution in [0.3, 0.4) is 0 Å². The Morgan fingerprint density at radius 3 is 1.54 bits per heavy atom. The summed E-state index contributed by atoms with van der Waals surface area (Å²) in [6.07, 6.45) is 0.680. The molecule has 4 heteroatoms. The van der Waals surface area contributed by atoms with Gasteiger partial charge < -0.3 is 0 Å². The lowest BCUT2D eigenvalue weighted by Crippen LogP contribution is -1.95. The largest absolute Gasteiger partial charge is 0.484 e. The van der Waals surface area contributed by atoms with Gasteiger partial charge in [0.15, 0.2) is 0 Å². The first-order valence-corrected chi connectivity index (χ1v) is 12.8. The van der Waals surface area contributed by atoms with E-state index in [4.69, 9.17) is 0 Å². The third kappa shape index (κ3) is 5.12. The molecule has 0 saturated carbocycles. The van der Waals surface area contributed by atoms with Crippen molar-refractivity contribution in [2.45, 2.75) is 51.0 Å². The normalized spacial score (nSPS) is 14.2. The van der Waals surface area contributed by atoms with Crippen LogP contribution in [0.2, 0.25) is 0 Å². The zero-order valence-corrected chi connectivity index (χ0v) is 17.4. The molecular formula is C20H26OPS2+. The minimum absolute atomic E-state index is 0.255. The molecule has 0 saturated heterocycles. The second kappa shape index (κ2) is 9.65. The molecule has 0 fully saturated rings. The maximum atomic E-state index is 12.7. The standard InChI is InChI=1S/C20H26OPS2/c1-5-17-11-7-9-13-19(17)15(3)23-22(21)24-16(4)20-14-10-8-12-18(20)6-2/h7-16H,5-6H2,1-4H3/q+1. The molecule has 0 aliphatic heterocycles. The van der Waals surface area contributed by atoms with Crippen LogP contribution in [0.1, 0.15) is 60.4 Å². The van der Waals surface area contributed by atoms with Crippen LogP contribution in [0.4, 0.5) is 0 Å². The highest BCUT2D eigenvalue weighted by molar-refractivity contribution is 8.84. The molecule has 2 atom stereocenters. The summed E-state index contributed by atoms with van der Waals surface area (Å²) in [5.74, 6) is 0. The van der Waals surface area contributed by atoms with Crippen molar-refractivity contribution >= 4 is 29.0 Å². The van der Waals surface area contributed by atoms with Crippen LogP contribution in [0, 0.1) is 0 Å². The molecule has 0 spiro atoms. The lowest BCUT2D eigenvalue weighted by molar-refractivity contribution is 0.603. The topological polar surface area (TPSA) is 17.1 Å². The van der Waals surface area contributed by atoms with Crippen LogP contribution < -0.4 is 0 Å². The average molecular weight is 378 g/mol. The van der Waals surface area contributed by atoms with Gasteiger partial charge >= 0.3 is 6.20 Å². The predicted octanol–water partition coefficient (Wildman–Crippen LogP) is 7.76. The van der Waals surface area contributed by atoms with Crippen molar-refractivity contribution < 1.29 is 4.57 Å². The van der Waals surface area contributed by atoms with Gasteiger partial charge in [-0.05, 0) is 53.5 Å². The zero-order valence-electron chi connectivity index (χ0n) is 14.9. The summed E-state index contributed by atoms with van der Waals surface area (Å²) in [5, 5.41) is 0.511. The van der Waals surface area contributed by atoms with Gasteiger partial charge in [0.25, 0.3) is 0 Å². The monoisotopic (exact) mass is 377 g/mol. The summed E-state index contributed by atoms with van der Waals surface area (Å²) >= 11 is 3.18. The SMILES string of the molecule is CCc1ccccc1C(C)S[P+](=O)SC(C)c1ccccc1CC. The van der Waals surface area contributed by atoms with E-state index in [1.807, 2.05) is 0 Å². The molecule has 0 bridgehead atoms. The van der Waals surface area contributed by atoms with E-state index in [-0.39, 0.29) is 10.5 Å². The fourth-order valence-electron chi connectivity index (χ4n) is 2.90. The van der Waals surface area contributed by atoms with Crippen LogP contribution in [0.5, 0.6) is 0 Å². The van der Waals surface area contributed by atoms with E-state index < -0.39 is 6.20 Å². The Bertz CT molecular complexity index is 629. The average Bonchev–Trinajstić information content (AvgIpc) is 2.61. The summed E-state index contributed by atoms with van der Waals surface area (Å²) in [5.41, 5.74) is 5.34. The lowest BCUT2D eigenvalue weighted by Gasteiger charge is -2.12. The number of rotatable bonds is 8. The lowest BCUT2D eigenvalue weighted by atomic mass is 10.0. The predicted molar refractivity (Wildman–Crippen MR) is 111 cm³/mol. The maximum absolute atomic E-state index is 12.7. The molecule has 0 aliphatic rings. The Labute approximate surface area is 155 Å². The smallest absolute Gasteiger partial charge is 0.0620 e. The van der Waals surface area contributed by atoms with Gasteiger partial charge in [-0.2, -0.15) is 0 Å². The van der Waals surface area contributed by atoms with E-state index in [1.165, 1.54) is 22.3 Å². The highest BCUT2D eigenvalue weighted by Gasteiger charge is 2.30. The van der Waals surface area contributed by atoms with Crippen molar-refractivity contribution in [1.29, 1.82) is 0 Å². The van der Waals surface area contributed by atoms with E-state index in [0.29, 0.717) is 0 Å². The van der Waals surface area contributed by atoms with Gasteiger partial charge in [-0.25, -0.2) is 0 Å². The van der Waals surface area contributed by atoms with E-state index >= 15 is 0 Å². The molecule has 0 heterocycles. The molecule has 128 valence electrons. The quantitative estimate of drug-likeness (QED) is 0.438. The fourth-order valence-corrected chi connectivity index (χ4v) is 9.31. The molecule has 0 aromatic heterocycles. The molecule has 1 nitrogen and oxygen atoms in total. The molecule has 2 unspecified atom stereocenters. The van der Waals surface area contributed by atoms with E-state index in [9.17, 15) is 4.57 Å². The van der Waals surface area contributed by atoms with Gasteiger partial charge in [-0.1, -0.05) is 62.4 Å². The molecule has 0 radical (unpaired) electrons. The van der Waals surface area contributed by atoms with Crippen molar-refractivity contribution in [1.82, 2.24) is 0 Å². The van der Waals surface area contributed by atoms with Crippen LogP contribution in [0.15, 0.2) is 48.5 Å². The third-order valence-electron chi connectivity index (χ3n) is 4.24.